The third kappa shape index (κ3) is 2.32. The molecule has 4 fully saturated rings. The van der Waals surface area contributed by atoms with Crippen molar-refractivity contribution >= 4 is 27.7 Å². The highest BCUT2D eigenvalue weighted by atomic mass is 79.9. The topological polar surface area (TPSA) is 41.9 Å². The molecule has 0 spiro atoms. The normalized spacial score (nSPS) is 40.5. The van der Waals surface area contributed by atoms with Crippen LogP contribution in [0.1, 0.15) is 57.9 Å². The van der Waals surface area contributed by atoms with Crippen molar-refractivity contribution in [2.24, 2.45) is 28.3 Å². The fourth-order valence-electron chi connectivity index (χ4n) is 6.56. The maximum absolute atomic E-state index is 12.5. The van der Waals surface area contributed by atoms with Crippen molar-refractivity contribution in [3.05, 3.63) is 34.3 Å². The number of hydrogen-bond acceptors (Lipinski definition) is 3. The zero-order valence-electron chi connectivity index (χ0n) is 15.4. The first-order valence-electron chi connectivity index (χ1n) is 9.73. The molecular weight excluding hydrogens is 392 g/mol. The van der Waals surface area contributed by atoms with Crippen molar-refractivity contribution in [3.63, 3.8) is 0 Å². The Kier molecular flexibility index (Phi) is 3.60. The van der Waals surface area contributed by atoms with E-state index in [1.807, 2.05) is 24.3 Å². The van der Waals surface area contributed by atoms with E-state index < -0.39 is 5.72 Å². The first-order valence-corrected chi connectivity index (χ1v) is 10.5. The molecule has 4 saturated carbocycles. The number of benzene rings is 1. The van der Waals surface area contributed by atoms with Gasteiger partial charge in [0, 0.05) is 22.4 Å². The van der Waals surface area contributed by atoms with Crippen LogP contribution in [-0.2, 0) is 9.53 Å². The molecule has 5 heteroatoms. The molecular formula is C21H25BrN2O2. The number of amides is 1. The molecule has 0 radical (unpaired) electrons. The first-order chi connectivity index (χ1) is 12.4. The number of carbonyl (C=O) groups is 1. The van der Waals surface area contributed by atoms with Crippen molar-refractivity contribution in [1.82, 2.24) is 5.01 Å². The number of hydrogen-bond donors (Lipinski definition) is 0. The summed E-state index contributed by atoms with van der Waals surface area (Å²) >= 11 is 3.52. The zero-order chi connectivity index (χ0) is 18.1. The molecule has 4 nitrogen and oxygen atoms in total. The molecule has 1 amide bonds. The van der Waals surface area contributed by atoms with Crippen LogP contribution in [0.2, 0.25) is 0 Å². The second-order valence-electron chi connectivity index (χ2n) is 9.03. The van der Waals surface area contributed by atoms with Crippen molar-refractivity contribution in [3.8, 4) is 0 Å². The molecule has 1 heterocycles. The molecule has 6 rings (SSSR count). The van der Waals surface area contributed by atoms with Crippen LogP contribution in [0.3, 0.4) is 0 Å². The highest BCUT2D eigenvalue weighted by molar-refractivity contribution is 9.10. The summed E-state index contributed by atoms with van der Waals surface area (Å²) in [6.07, 6.45) is 7.61. The SMILES string of the molecule is CC(=O)N1N=C(c2cccc(Br)c2)O[C@]1(C)C12CC3CC(CC(C3)C1)C2. The fourth-order valence-corrected chi connectivity index (χ4v) is 6.96. The van der Waals surface area contributed by atoms with E-state index in [2.05, 4.69) is 28.0 Å². The summed E-state index contributed by atoms with van der Waals surface area (Å²) in [6.45, 7) is 3.71. The lowest BCUT2D eigenvalue weighted by atomic mass is 9.47. The van der Waals surface area contributed by atoms with Gasteiger partial charge in [-0.05, 0) is 81.4 Å². The van der Waals surface area contributed by atoms with E-state index >= 15 is 0 Å². The van der Waals surface area contributed by atoms with E-state index in [0.717, 1.165) is 27.8 Å². The van der Waals surface area contributed by atoms with E-state index in [9.17, 15) is 4.79 Å². The van der Waals surface area contributed by atoms with E-state index in [4.69, 9.17) is 4.74 Å². The molecule has 138 valence electrons. The van der Waals surface area contributed by atoms with Crippen molar-refractivity contribution < 1.29 is 9.53 Å². The summed E-state index contributed by atoms with van der Waals surface area (Å²) in [5.41, 5.74) is 0.274. The summed E-state index contributed by atoms with van der Waals surface area (Å²) in [6, 6.07) is 7.96. The standard InChI is InChI=1S/C21H25BrN2O2/c1-13(25)24-20(2,26-19(23-24)17-4-3-5-18(22)9-17)21-10-14-6-15(11-21)8-16(7-14)12-21/h3-5,9,14-16H,6-8,10-12H2,1-2H3/t14?,15?,16?,20-,21?/m1/s1. The van der Waals surface area contributed by atoms with Crippen LogP contribution in [0.5, 0.6) is 0 Å². The lowest BCUT2D eigenvalue weighted by Gasteiger charge is -2.61. The average molecular weight is 417 g/mol. The minimum Gasteiger partial charge on any atom is -0.447 e. The second kappa shape index (κ2) is 5.57. The Morgan fingerprint density at radius 2 is 1.81 bits per heavy atom. The Labute approximate surface area is 163 Å². The van der Waals surface area contributed by atoms with Gasteiger partial charge in [-0.1, -0.05) is 22.0 Å². The quantitative estimate of drug-likeness (QED) is 0.686. The van der Waals surface area contributed by atoms with Gasteiger partial charge in [0.15, 0.2) is 0 Å². The van der Waals surface area contributed by atoms with Gasteiger partial charge in [0.1, 0.15) is 0 Å². The molecule has 1 aliphatic heterocycles. The second-order valence-corrected chi connectivity index (χ2v) is 9.94. The molecule has 0 N–H and O–H groups in total. The first kappa shape index (κ1) is 16.8. The smallest absolute Gasteiger partial charge is 0.243 e. The van der Waals surface area contributed by atoms with Crippen molar-refractivity contribution in [1.29, 1.82) is 0 Å². The Balaban J connectivity index is 1.55. The highest BCUT2D eigenvalue weighted by Gasteiger charge is 2.65. The number of ether oxygens (including phenoxy) is 1. The van der Waals surface area contributed by atoms with Gasteiger partial charge in [-0.3, -0.25) is 4.79 Å². The summed E-state index contributed by atoms with van der Waals surface area (Å²) in [5.74, 6) is 2.93. The van der Waals surface area contributed by atoms with E-state index in [1.165, 1.54) is 38.5 Å². The molecule has 1 aromatic rings. The van der Waals surface area contributed by atoms with Crippen LogP contribution in [0.25, 0.3) is 0 Å². The Morgan fingerprint density at radius 1 is 1.19 bits per heavy atom. The predicted molar refractivity (Wildman–Crippen MR) is 103 cm³/mol. The number of halogens is 1. The van der Waals surface area contributed by atoms with E-state index in [1.54, 1.807) is 11.9 Å². The highest BCUT2D eigenvalue weighted by Crippen LogP contribution is 2.65. The fraction of sp³-hybridized carbons (Fsp3) is 0.619. The third-order valence-electron chi connectivity index (χ3n) is 7.28. The van der Waals surface area contributed by atoms with Gasteiger partial charge < -0.3 is 4.74 Å². The molecule has 0 unspecified atom stereocenters. The Hall–Kier alpha value is -1.36. The van der Waals surface area contributed by atoms with Crippen molar-refractivity contribution in [2.45, 2.75) is 58.1 Å². The zero-order valence-corrected chi connectivity index (χ0v) is 17.0. The number of nitrogens with zero attached hydrogens (tertiary/aromatic N) is 2. The van der Waals surface area contributed by atoms with Crippen LogP contribution in [0, 0.1) is 23.2 Å². The molecule has 26 heavy (non-hydrogen) atoms. The lowest BCUT2D eigenvalue weighted by Crippen LogP contribution is -2.63. The summed E-state index contributed by atoms with van der Waals surface area (Å²) in [7, 11) is 0. The molecule has 4 bridgehead atoms. The van der Waals surface area contributed by atoms with Crippen LogP contribution in [0.15, 0.2) is 33.8 Å². The minimum absolute atomic E-state index is 0.0324. The molecule has 1 aromatic carbocycles. The predicted octanol–water partition coefficient (Wildman–Crippen LogP) is 4.92. The molecule has 4 aliphatic carbocycles. The Bertz CT molecular complexity index is 770. The van der Waals surface area contributed by atoms with Gasteiger partial charge in [-0.2, -0.15) is 5.01 Å². The largest absolute Gasteiger partial charge is 0.447 e. The number of carbonyl (C=O) groups excluding carboxylic acids is 1. The maximum Gasteiger partial charge on any atom is 0.243 e. The van der Waals surface area contributed by atoms with Gasteiger partial charge in [0.2, 0.25) is 17.5 Å². The number of rotatable bonds is 2. The summed E-state index contributed by atoms with van der Waals surface area (Å²) < 4.78 is 7.57. The van der Waals surface area contributed by atoms with Gasteiger partial charge in [-0.25, -0.2) is 0 Å². The Morgan fingerprint density at radius 3 is 2.35 bits per heavy atom. The summed E-state index contributed by atoms with van der Waals surface area (Å²) in [4.78, 5) is 12.5. The van der Waals surface area contributed by atoms with Crippen LogP contribution >= 0.6 is 15.9 Å². The van der Waals surface area contributed by atoms with Crippen LogP contribution in [-0.4, -0.2) is 22.5 Å². The van der Waals surface area contributed by atoms with Crippen LogP contribution in [0.4, 0.5) is 0 Å². The summed E-state index contributed by atoms with van der Waals surface area (Å²) in [5, 5.41) is 6.32. The minimum atomic E-state index is -0.674. The maximum atomic E-state index is 12.5. The van der Waals surface area contributed by atoms with E-state index in [0.29, 0.717) is 5.90 Å². The van der Waals surface area contributed by atoms with Gasteiger partial charge in [0.25, 0.3) is 0 Å². The van der Waals surface area contributed by atoms with Gasteiger partial charge in [-0.15, -0.1) is 5.10 Å². The molecule has 0 saturated heterocycles. The van der Waals surface area contributed by atoms with Crippen molar-refractivity contribution in [2.75, 3.05) is 0 Å². The lowest BCUT2D eigenvalue weighted by molar-refractivity contribution is -0.216. The number of hydrazone groups is 1. The van der Waals surface area contributed by atoms with Crippen LogP contribution < -0.4 is 0 Å². The van der Waals surface area contributed by atoms with Gasteiger partial charge >= 0.3 is 0 Å². The molecule has 5 aliphatic rings. The monoisotopic (exact) mass is 416 g/mol. The third-order valence-corrected chi connectivity index (χ3v) is 7.78. The average Bonchev–Trinajstić information content (AvgIpc) is 2.94. The molecule has 1 atom stereocenters. The van der Waals surface area contributed by atoms with E-state index in [-0.39, 0.29) is 11.3 Å². The molecule has 0 aromatic heterocycles. The van der Waals surface area contributed by atoms with Gasteiger partial charge in [0.05, 0.1) is 0 Å².